The molecule has 2 aromatic rings. The van der Waals surface area contributed by atoms with Gasteiger partial charge in [0.05, 0.1) is 11.3 Å². The number of anilines is 1. The molecule has 0 fully saturated rings. The molecule has 0 saturated carbocycles. The summed E-state index contributed by atoms with van der Waals surface area (Å²) in [5, 5.41) is 15.8. The third-order valence-corrected chi connectivity index (χ3v) is 2.58. The van der Waals surface area contributed by atoms with E-state index in [1.54, 1.807) is 36.1 Å². The molecule has 1 aromatic heterocycles. The van der Waals surface area contributed by atoms with E-state index in [0.29, 0.717) is 16.9 Å². The second-order valence-electron chi connectivity index (χ2n) is 3.94. The lowest BCUT2D eigenvalue weighted by Crippen LogP contribution is -2.14. The first-order chi connectivity index (χ1) is 8.61. The van der Waals surface area contributed by atoms with Gasteiger partial charge < -0.3 is 5.32 Å². The Kier molecular flexibility index (Phi) is 3.11. The van der Waals surface area contributed by atoms with Crippen molar-refractivity contribution < 1.29 is 4.79 Å². The summed E-state index contributed by atoms with van der Waals surface area (Å²) in [5.74, 6) is -0.322. The van der Waals surface area contributed by atoms with Gasteiger partial charge in [-0.2, -0.15) is 10.4 Å². The largest absolute Gasteiger partial charge is 0.319 e. The zero-order valence-corrected chi connectivity index (χ0v) is 10.1. The number of rotatable bonds is 2. The van der Waals surface area contributed by atoms with Crippen LogP contribution in [0.3, 0.4) is 0 Å². The van der Waals surface area contributed by atoms with Gasteiger partial charge in [0.25, 0.3) is 5.91 Å². The molecule has 1 heterocycles. The Bertz CT molecular complexity index is 637. The molecule has 0 unspecified atom stereocenters. The van der Waals surface area contributed by atoms with Gasteiger partial charge in [0.15, 0.2) is 5.69 Å². The van der Waals surface area contributed by atoms with Gasteiger partial charge >= 0.3 is 0 Å². The van der Waals surface area contributed by atoms with Gasteiger partial charge in [-0.1, -0.05) is 12.1 Å². The second-order valence-corrected chi connectivity index (χ2v) is 3.94. The minimum atomic E-state index is -0.322. The lowest BCUT2D eigenvalue weighted by Gasteiger charge is -2.07. The van der Waals surface area contributed by atoms with E-state index in [-0.39, 0.29) is 5.91 Å². The highest BCUT2D eigenvalue weighted by Gasteiger charge is 2.12. The maximum atomic E-state index is 11.9. The van der Waals surface area contributed by atoms with Gasteiger partial charge in [0.2, 0.25) is 0 Å². The monoisotopic (exact) mass is 240 g/mol. The molecule has 0 aliphatic carbocycles. The normalized spacial score (nSPS) is 9.83. The van der Waals surface area contributed by atoms with Crippen molar-refractivity contribution in [2.45, 2.75) is 6.92 Å². The Hall–Kier alpha value is -2.61. The van der Waals surface area contributed by atoms with E-state index in [1.165, 1.54) is 0 Å². The molecule has 5 nitrogen and oxygen atoms in total. The molecule has 0 aliphatic rings. The molecular weight excluding hydrogens is 228 g/mol. The first kappa shape index (κ1) is 11.9. The molecule has 2 rings (SSSR count). The molecule has 0 bridgehead atoms. The summed E-state index contributed by atoms with van der Waals surface area (Å²) in [7, 11) is 1.74. The SMILES string of the molecule is Cc1cccc(NC(=O)c2ccn(C)n2)c1C#N. The van der Waals surface area contributed by atoms with E-state index in [0.717, 1.165) is 5.56 Å². The topological polar surface area (TPSA) is 70.7 Å². The number of aryl methyl sites for hydroxylation is 2. The van der Waals surface area contributed by atoms with Crippen LogP contribution in [0.4, 0.5) is 5.69 Å². The number of aromatic nitrogens is 2. The number of carbonyl (C=O) groups excluding carboxylic acids is 1. The predicted octanol–water partition coefficient (Wildman–Crippen LogP) is 1.85. The Labute approximate surface area is 105 Å². The number of benzene rings is 1. The van der Waals surface area contributed by atoms with Crippen LogP contribution in [0.2, 0.25) is 0 Å². The van der Waals surface area contributed by atoms with E-state index < -0.39 is 0 Å². The Morgan fingerprint density at radius 3 is 2.83 bits per heavy atom. The summed E-state index contributed by atoms with van der Waals surface area (Å²) in [4.78, 5) is 11.9. The smallest absolute Gasteiger partial charge is 0.276 e. The molecule has 0 aliphatic heterocycles. The zero-order valence-electron chi connectivity index (χ0n) is 10.1. The van der Waals surface area contributed by atoms with Gasteiger partial charge in [-0.25, -0.2) is 0 Å². The predicted molar refractivity (Wildman–Crippen MR) is 67.1 cm³/mol. The molecule has 1 amide bonds. The zero-order chi connectivity index (χ0) is 13.1. The number of nitrogens with zero attached hydrogens (tertiary/aromatic N) is 3. The molecule has 0 spiro atoms. The standard InChI is InChI=1S/C13H12N4O/c1-9-4-3-5-11(10(9)8-14)15-13(18)12-6-7-17(2)16-12/h3-7H,1-2H3,(H,15,18). The van der Waals surface area contributed by atoms with Crippen molar-refractivity contribution in [2.75, 3.05) is 5.32 Å². The number of hydrogen-bond donors (Lipinski definition) is 1. The number of nitriles is 1. The molecule has 0 saturated heterocycles. The van der Waals surface area contributed by atoms with E-state index >= 15 is 0 Å². The highest BCUT2D eigenvalue weighted by atomic mass is 16.1. The molecule has 90 valence electrons. The van der Waals surface area contributed by atoms with Crippen LogP contribution in [0.15, 0.2) is 30.5 Å². The first-order valence-corrected chi connectivity index (χ1v) is 5.42. The Morgan fingerprint density at radius 1 is 1.44 bits per heavy atom. The highest BCUT2D eigenvalue weighted by molar-refractivity contribution is 6.03. The third kappa shape index (κ3) is 2.23. The molecule has 0 radical (unpaired) electrons. The van der Waals surface area contributed by atoms with Gasteiger partial charge in [0.1, 0.15) is 6.07 Å². The van der Waals surface area contributed by atoms with Crippen LogP contribution in [0, 0.1) is 18.3 Å². The van der Waals surface area contributed by atoms with Crippen molar-refractivity contribution in [2.24, 2.45) is 7.05 Å². The molecule has 5 heteroatoms. The Morgan fingerprint density at radius 2 is 2.22 bits per heavy atom. The molecule has 18 heavy (non-hydrogen) atoms. The number of amides is 1. The van der Waals surface area contributed by atoms with E-state index in [1.807, 2.05) is 13.0 Å². The molecule has 1 N–H and O–H groups in total. The minimum Gasteiger partial charge on any atom is -0.319 e. The van der Waals surface area contributed by atoms with Crippen LogP contribution in [-0.4, -0.2) is 15.7 Å². The summed E-state index contributed by atoms with van der Waals surface area (Å²) < 4.78 is 1.55. The van der Waals surface area contributed by atoms with Crippen molar-refractivity contribution in [1.29, 1.82) is 5.26 Å². The first-order valence-electron chi connectivity index (χ1n) is 5.42. The van der Waals surface area contributed by atoms with E-state index in [9.17, 15) is 4.79 Å². The second kappa shape index (κ2) is 4.72. The van der Waals surface area contributed by atoms with Crippen LogP contribution in [0.5, 0.6) is 0 Å². The summed E-state index contributed by atoms with van der Waals surface area (Å²) >= 11 is 0. The lowest BCUT2D eigenvalue weighted by molar-refractivity contribution is 0.102. The number of nitrogens with one attached hydrogen (secondary N) is 1. The molecular formula is C13H12N4O. The maximum absolute atomic E-state index is 11.9. The Balaban J connectivity index is 2.28. The van der Waals surface area contributed by atoms with E-state index in [4.69, 9.17) is 5.26 Å². The fourth-order valence-corrected chi connectivity index (χ4v) is 1.64. The molecule has 0 atom stereocenters. The number of carbonyl (C=O) groups is 1. The maximum Gasteiger partial charge on any atom is 0.276 e. The lowest BCUT2D eigenvalue weighted by atomic mass is 10.1. The van der Waals surface area contributed by atoms with Gasteiger partial charge in [-0.3, -0.25) is 9.48 Å². The third-order valence-electron chi connectivity index (χ3n) is 2.58. The number of hydrogen-bond acceptors (Lipinski definition) is 3. The highest BCUT2D eigenvalue weighted by Crippen LogP contribution is 2.18. The summed E-state index contributed by atoms with van der Waals surface area (Å²) in [6, 6.07) is 9.03. The van der Waals surface area contributed by atoms with E-state index in [2.05, 4.69) is 16.5 Å². The van der Waals surface area contributed by atoms with Crippen molar-refractivity contribution in [3.8, 4) is 6.07 Å². The van der Waals surface area contributed by atoms with Crippen molar-refractivity contribution in [1.82, 2.24) is 9.78 Å². The average molecular weight is 240 g/mol. The van der Waals surface area contributed by atoms with Crippen LogP contribution in [0.1, 0.15) is 21.6 Å². The van der Waals surface area contributed by atoms with Crippen molar-refractivity contribution >= 4 is 11.6 Å². The summed E-state index contributed by atoms with van der Waals surface area (Å²) in [6.07, 6.45) is 1.69. The summed E-state index contributed by atoms with van der Waals surface area (Å²) in [6.45, 7) is 1.83. The minimum absolute atomic E-state index is 0.322. The van der Waals surface area contributed by atoms with Gasteiger partial charge in [-0.15, -0.1) is 0 Å². The van der Waals surface area contributed by atoms with Crippen LogP contribution in [-0.2, 0) is 7.05 Å². The quantitative estimate of drug-likeness (QED) is 0.870. The average Bonchev–Trinajstić information content (AvgIpc) is 2.76. The fourth-order valence-electron chi connectivity index (χ4n) is 1.64. The van der Waals surface area contributed by atoms with Crippen molar-refractivity contribution in [3.63, 3.8) is 0 Å². The van der Waals surface area contributed by atoms with Crippen LogP contribution < -0.4 is 5.32 Å². The summed E-state index contributed by atoms with van der Waals surface area (Å²) in [5.41, 5.74) is 2.13. The van der Waals surface area contributed by atoms with Crippen LogP contribution >= 0.6 is 0 Å². The van der Waals surface area contributed by atoms with Crippen molar-refractivity contribution in [3.05, 3.63) is 47.3 Å². The van der Waals surface area contributed by atoms with Crippen LogP contribution in [0.25, 0.3) is 0 Å². The fraction of sp³-hybridized carbons (Fsp3) is 0.154. The van der Waals surface area contributed by atoms with Gasteiger partial charge in [0, 0.05) is 13.2 Å². The van der Waals surface area contributed by atoms with Gasteiger partial charge in [-0.05, 0) is 24.6 Å². The molecule has 1 aromatic carbocycles.